The minimum Gasteiger partial charge on any atom is -0.493 e. The van der Waals surface area contributed by atoms with Gasteiger partial charge < -0.3 is 24.1 Å². The number of methoxy groups -OCH3 is 2. The van der Waals surface area contributed by atoms with E-state index in [0.29, 0.717) is 5.56 Å². The molecule has 166 valence electrons. The number of aldehydes is 1. The van der Waals surface area contributed by atoms with E-state index in [9.17, 15) is 4.79 Å². The third kappa shape index (κ3) is 3.46. The molecule has 1 atom stereocenters. The normalized spacial score (nSPS) is 17.0. The summed E-state index contributed by atoms with van der Waals surface area (Å²) < 4.78 is 25.5. The number of ether oxygens (including phenoxy) is 2. The minimum absolute atomic E-state index is 0. The van der Waals surface area contributed by atoms with Crippen LogP contribution in [0.25, 0.3) is 0 Å². The second-order valence-electron chi connectivity index (χ2n) is 8.53. The molecular weight excluding hydrogens is 465 g/mol. The van der Waals surface area contributed by atoms with Crippen LogP contribution in [0.2, 0.25) is 0 Å². The third-order valence-electron chi connectivity index (χ3n) is 6.16. The second kappa shape index (κ2) is 8.15. The van der Waals surface area contributed by atoms with Crippen molar-refractivity contribution in [2.75, 3.05) is 32.7 Å². The van der Waals surface area contributed by atoms with Crippen LogP contribution in [0.1, 0.15) is 42.1 Å². The zero-order valence-electron chi connectivity index (χ0n) is 18.3. The second-order valence-corrected chi connectivity index (χ2v) is 8.53. The van der Waals surface area contributed by atoms with Crippen molar-refractivity contribution in [2.24, 2.45) is 0 Å². The Labute approximate surface area is 192 Å². The summed E-state index contributed by atoms with van der Waals surface area (Å²) in [6, 6.07) is 6.98. The quantitative estimate of drug-likeness (QED) is 0.633. The van der Waals surface area contributed by atoms with Gasteiger partial charge in [-0.1, -0.05) is 26.0 Å². The van der Waals surface area contributed by atoms with Crippen LogP contribution >= 0.6 is 17.0 Å². The van der Waals surface area contributed by atoms with E-state index in [2.05, 4.69) is 25.8 Å². The molecule has 8 heteroatoms. The van der Waals surface area contributed by atoms with Crippen LogP contribution in [0.5, 0.6) is 11.5 Å². The predicted octanol–water partition coefficient (Wildman–Crippen LogP) is 4.23. The summed E-state index contributed by atoms with van der Waals surface area (Å²) in [5.74, 6) is -0.431. The summed E-state index contributed by atoms with van der Waals surface area (Å²) in [4.78, 5) is 16.0. The molecule has 1 N–H and O–H groups in total. The standard InChI is InChI=1S/C23H26FN3O3.BrH/c1-23(2)12-26(3)16-7-6-13(8-15(16)23)17(11-28)27-10-14-9-18(29-4)21(30-5)20(24)19(14)22(27)25;/h6-9,11,17,25H,10,12H2,1-5H3;1H. The van der Waals surface area contributed by atoms with Crippen molar-refractivity contribution in [1.82, 2.24) is 4.90 Å². The van der Waals surface area contributed by atoms with Gasteiger partial charge in [-0.25, -0.2) is 4.39 Å². The number of rotatable bonds is 5. The molecule has 2 aromatic carbocycles. The van der Waals surface area contributed by atoms with Gasteiger partial charge in [-0.2, -0.15) is 0 Å². The lowest BCUT2D eigenvalue weighted by molar-refractivity contribution is -0.111. The van der Waals surface area contributed by atoms with E-state index in [1.54, 1.807) is 11.0 Å². The first kappa shape index (κ1) is 23.1. The number of halogens is 2. The molecule has 2 aromatic rings. The molecule has 1 unspecified atom stereocenters. The molecule has 0 spiro atoms. The lowest BCUT2D eigenvalue weighted by Gasteiger charge is -2.26. The lowest BCUT2D eigenvalue weighted by Crippen LogP contribution is -2.30. The Hall–Kier alpha value is -2.61. The van der Waals surface area contributed by atoms with E-state index in [0.717, 1.165) is 24.1 Å². The van der Waals surface area contributed by atoms with Crippen molar-refractivity contribution in [3.8, 4) is 11.5 Å². The molecule has 0 saturated heterocycles. The molecular formula is C23H27BrFN3O3. The number of benzene rings is 2. The first-order chi connectivity index (χ1) is 14.2. The highest BCUT2D eigenvalue weighted by molar-refractivity contribution is 8.93. The molecule has 0 bridgehead atoms. The van der Waals surface area contributed by atoms with Gasteiger partial charge in [0.2, 0.25) is 0 Å². The van der Waals surface area contributed by atoms with E-state index in [-0.39, 0.29) is 51.8 Å². The van der Waals surface area contributed by atoms with Crippen molar-refractivity contribution in [3.05, 3.63) is 52.3 Å². The van der Waals surface area contributed by atoms with Crippen LogP contribution in [-0.4, -0.2) is 44.8 Å². The fraction of sp³-hybridized carbons (Fsp3) is 0.391. The smallest absolute Gasteiger partial charge is 0.197 e. The first-order valence-electron chi connectivity index (χ1n) is 9.83. The SMILES string of the molecule is Br.COc1cc2c(c(F)c1OC)C(=N)N(C(C=O)c1ccc3c(c1)C(C)(C)CN3C)C2. The Kier molecular flexibility index (Phi) is 6.06. The Morgan fingerprint density at radius 1 is 1.23 bits per heavy atom. The van der Waals surface area contributed by atoms with Gasteiger partial charge in [0.15, 0.2) is 17.3 Å². The fourth-order valence-corrected chi connectivity index (χ4v) is 4.73. The molecule has 0 aliphatic carbocycles. The van der Waals surface area contributed by atoms with Crippen molar-refractivity contribution in [2.45, 2.75) is 31.8 Å². The Morgan fingerprint density at radius 2 is 1.94 bits per heavy atom. The molecule has 0 saturated carbocycles. The van der Waals surface area contributed by atoms with E-state index < -0.39 is 11.9 Å². The number of nitrogens with zero attached hydrogens (tertiary/aromatic N) is 2. The van der Waals surface area contributed by atoms with Gasteiger partial charge in [0.25, 0.3) is 0 Å². The average Bonchev–Trinajstić information content (AvgIpc) is 3.15. The van der Waals surface area contributed by atoms with Gasteiger partial charge in [0, 0.05) is 31.2 Å². The van der Waals surface area contributed by atoms with Crippen molar-refractivity contribution < 1.29 is 18.7 Å². The maximum Gasteiger partial charge on any atom is 0.197 e. The van der Waals surface area contributed by atoms with Crippen LogP contribution in [0.15, 0.2) is 24.3 Å². The minimum atomic E-state index is -0.687. The number of carbonyl (C=O) groups is 1. The number of hydrogen-bond donors (Lipinski definition) is 1. The number of amidine groups is 1. The van der Waals surface area contributed by atoms with Gasteiger partial charge in [0.1, 0.15) is 18.2 Å². The van der Waals surface area contributed by atoms with Crippen molar-refractivity contribution >= 4 is 34.8 Å². The molecule has 2 aliphatic heterocycles. The van der Waals surface area contributed by atoms with Gasteiger partial charge >= 0.3 is 0 Å². The number of hydrogen-bond acceptors (Lipinski definition) is 5. The van der Waals surface area contributed by atoms with Gasteiger partial charge in [-0.15, -0.1) is 17.0 Å². The molecule has 0 fully saturated rings. The molecule has 4 rings (SSSR count). The summed E-state index contributed by atoms with van der Waals surface area (Å²) in [7, 11) is 4.86. The Bertz CT molecular complexity index is 1060. The molecule has 6 nitrogen and oxygen atoms in total. The summed E-state index contributed by atoms with van der Waals surface area (Å²) in [6.07, 6.45) is 0.820. The zero-order valence-corrected chi connectivity index (χ0v) is 20.0. The number of anilines is 1. The molecule has 2 aliphatic rings. The van der Waals surface area contributed by atoms with Crippen LogP contribution in [-0.2, 0) is 16.8 Å². The van der Waals surface area contributed by atoms with Crippen LogP contribution in [0, 0.1) is 11.2 Å². The highest BCUT2D eigenvalue weighted by atomic mass is 79.9. The van der Waals surface area contributed by atoms with Gasteiger partial charge in [0.05, 0.1) is 19.8 Å². The number of likely N-dealkylation sites (N-methyl/N-ethyl adjacent to an activating group) is 1. The van der Waals surface area contributed by atoms with E-state index in [4.69, 9.17) is 14.9 Å². The lowest BCUT2D eigenvalue weighted by atomic mass is 9.85. The highest BCUT2D eigenvalue weighted by Gasteiger charge is 2.38. The summed E-state index contributed by atoms with van der Waals surface area (Å²) >= 11 is 0. The number of fused-ring (bicyclic) bond motifs is 2. The van der Waals surface area contributed by atoms with E-state index in [1.165, 1.54) is 19.8 Å². The molecule has 0 radical (unpaired) electrons. The fourth-order valence-electron chi connectivity index (χ4n) is 4.73. The number of nitrogens with one attached hydrogen (secondary N) is 1. The molecule has 31 heavy (non-hydrogen) atoms. The summed E-state index contributed by atoms with van der Waals surface area (Å²) in [6.45, 7) is 5.50. The molecule has 2 heterocycles. The average molecular weight is 492 g/mol. The third-order valence-corrected chi connectivity index (χ3v) is 6.16. The predicted molar refractivity (Wildman–Crippen MR) is 124 cm³/mol. The van der Waals surface area contributed by atoms with Crippen LogP contribution in [0.4, 0.5) is 10.1 Å². The van der Waals surface area contributed by atoms with Crippen LogP contribution in [0.3, 0.4) is 0 Å². The largest absolute Gasteiger partial charge is 0.493 e. The summed E-state index contributed by atoms with van der Waals surface area (Å²) in [5.41, 5.74) is 3.83. The maximum absolute atomic E-state index is 15.1. The van der Waals surface area contributed by atoms with Gasteiger partial charge in [-0.05, 0) is 28.8 Å². The number of carbonyl (C=O) groups excluding carboxylic acids is 1. The Morgan fingerprint density at radius 3 is 2.55 bits per heavy atom. The van der Waals surface area contributed by atoms with Crippen LogP contribution < -0.4 is 14.4 Å². The van der Waals surface area contributed by atoms with E-state index in [1.807, 2.05) is 18.2 Å². The topological polar surface area (TPSA) is 65.9 Å². The Balaban J connectivity index is 0.00000272. The molecule has 0 amide bonds. The summed E-state index contributed by atoms with van der Waals surface area (Å²) in [5, 5.41) is 8.60. The molecule has 0 aromatic heterocycles. The van der Waals surface area contributed by atoms with Crippen molar-refractivity contribution in [3.63, 3.8) is 0 Å². The first-order valence-corrected chi connectivity index (χ1v) is 9.83. The van der Waals surface area contributed by atoms with Crippen molar-refractivity contribution in [1.29, 1.82) is 5.41 Å². The monoisotopic (exact) mass is 491 g/mol. The highest BCUT2D eigenvalue weighted by Crippen LogP contribution is 2.43. The zero-order chi connectivity index (χ0) is 21.8. The van der Waals surface area contributed by atoms with Gasteiger partial charge in [-0.3, -0.25) is 5.41 Å². The van der Waals surface area contributed by atoms with E-state index >= 15 is 4.39 Å². The maximum atomic E-state index is 15.1.